The topological polar surface area (TPSA) is 74.8 Å². The van der Waals surface area contributed by atoms with Crippen molar-refractivity contribution in [2.45, 2.75) is 26.2 Å². The zero-order valence-electron chi connectivity index (χ0n) is 8.76. The third-order valence-corrected chi connectivity index (χ3v) is 2.55. The van der Waals surface area contributed by atoms with Crippen LogP contribution in [0.1, 0.15) is 41.4 Å². The van der Waals surface area contributed by atoms with Crippen LogP contribution in [-0.4, -0.2) is 22.6 Å². The van der Waals surface area contributed by atoms with Gasteiger partial charge in [0.25, 0.3) is 11.5 Å². The Morgan fingerprint density at radius 1 is 1.33 bits per heavy atom. The highest BCUT2D eigenvalue weighted by atomic mass is 16.2. The number of nitrogens with one attached hydrogen (secondary N) is 2. The van der Waals surface area contributed by atoms with E-state index in [1.54, 1.807) is 0 Å². The molecule has 1 aromatic rings. The van der Waals surface area contributed by atoms with Gasteiger partial charge in [-0.05, 0) is 17.9 Å². The Morgan fingerprint density at radius 3 is 2.73 bits per heavy atom. The first-order chi connectivity index (χ1) is 7.11. The van der Waals surface area contributed by atoms with Gasteiger partial charge in [0.05, 0.1) is 5.69 Å². The molecule has 0 fully saturated rings. The zero-order chi connectivity index (χ0) is 11.0. The van der Waals surface area contributed by atoms with Crippen molar-refractivity contribution in [1.29, 1.82) is 0 Å². The van der Waals surface area contributed by atoms with Gasteiger partial charge in [-0.2, -0.15) is 5.10 Å². The lowest BCUT2D eigenvalue weighted by molar-refractivity contribution is 0.0943. The molecule has 0 saturated heterocycles. The second-order valence-electron chi connectivity index (χ2n) is 3.95. The van der Waals surface area contributed by atoms with E-state index in [4.69, 9.17) is 0 Å². The molecule has 2 N–H and O–H groups in total. The number of nitrogens with zero attached hydrogens (tertiary/aromatic N) is 1. The molecule has 0 aromatic carbocycles. The summed E-state index contributed by atoms with van der Waals surface area (Å²) in [6.45, 7) is 4.57. The van der Waals surface area contributed by atoms with E-state index in [1.807, 2.05) is 13.8 Å². The Bertz CT molecular complexity index is 462. The van der Waals surface area contributed by atoms with E-state index in [2.05, 4.69) is 15.5 Å². The van der Waals surface area contributed by atoms with Crippen LogP contribution >= 0.6 is 0 Å². The fourth-order valence-corrected chi connectivity index (χ4v) is 1.86. The summed E-state index contributed by atoms with van der Waals surface area (Å²) in [6.07, 6.45) is 0.686. The van der Waals surface area contributed by atoms with Crippen molar-refractivity contribution in [2.75, 3.05) is 6.54 Å². The van der Waals surface area contributed by atoms with E-state index in [-0.39, 0.29) is 17.4 Å². The minimum Gasteiger partial charge on any atom is -0.352 e. The molecular weight excluding hydrogens is 194 g/mol. The first-order valence-corrected chi connectivity index (χ1v) is 5.01. The van der Waals surface area contributed by atoms with Gasteiger partial charge in [0.2, 0.25) is 0 Å². The van der Waals surface area contributed by atoms with Gasteiger partial charge in [-0.1, -0.05) is 13.8 Å². The average molecular weight is 207 g/mol. The van der Waals surface area contributed by atoms with Crippen molar-refractivity contribution in [2.24, 2.45) is 0 Å². The minimum absolute atomic E-state index is 0.210. The van der Waals surface area contributed by atoms with Gasteiger partial charge in [0.1, 0.15) is 5.56 Å². The summed E-state index contributed by atoms with van der Waals surface area (Å²) in [4.78, 5) is 23.0. The number of carbonyl (C=O) groups is 1. The van der Waals surface area contributed by atoms with Crippen molar-refractivity contribution in [3.63, 3.8) is 0 Å². The molecule has 0 aliphatic carbocycles. The molecule has 2 heterocycles. The van der Waals surface area contributed by atoms with Crippen LogP contribution in [-0.2, 0) is 6.42 Å². The van der Waals surface area contributed by atoms with E-state index in [0.29, 0.717) is 13.0 Å². The summed E-state index contributed by atoms with van der Waals surface area (Å²) in [5.41, 5.74) is 1.46. The van der Waals surface area contributed by atoms with Crippen LogP contribution in [0.2, 0.25) is 0 Å². The monoisotopic (exact) mass is 207 g/mol. The molecule has 0 spiro atoms. The summed E-state index contributed by atoms with van der Waals surface area (Å²) in [7, 11) is 0. The van der Waals surface area contributed by atoms with Crippen LogP contribution in [0.3, 0.4) is 0 Å². The van der Waals surface area contributed by atoms with Crippen molar-refractivity contribution in [3.8, 4) is 0 Å². The molecule has 15 heavy (non-hydrogen) atoms. The first-order valence-electron chi connectivity index (χ1n) is 5.01. The fraction of sp³-hybridized carbons (Fsp3) is 0.500. The van der Waals surface area contributed by atoms with E-state index in [0.717, 1.165) is 11.3 Å². The third kappa shape index (κ3) is 1.54. The van der Waals surface area contributed by atoms with Gasteiger partial charge >= 0.3 is 0 Å². The molecule has 5 nitrogen and oxygen atoms in total. The highest BCUT2D eigenvalue weighted by molar-refractivity contribution is 5.96. The molecule has 0 atom stereocenters. The highest BCUT2D eigenvalue weighted by Crippen LogP contribution is 2.19. The Labute approximate surface area is 86.9 Å². The number of aromatic amines is 1. The molecule has 1 aromatic heterocycles. The Hall–Kier alpha value is -1.65. The first kappa shape index (κ1) is 9.89. The summed E-state index contributed by atoms with van der Waals surface area (Å²) in [5.74, 6) is -0.0803. The summed E-state index contributed by atoms with van der Waals surface area (Å²) < 4.78 is 0. The molecule has 0 radical (unpaired) electrons. The van der Waals surface area contributed by atoms with Gasteiger partial charge in [-0.25, -0.2) is 5.10 Å². The molecule has 5 heteroatoms. The number of amides is 1. The molecular formula is C10H13N3O2. The maximum Gasteiger partial charge on any atom is 0.277 e. The second-order valence-corrected chi connectivity index (χ2v) is 3.95. The van der Waals surface area contributed by atoms with Crippen molar-refractivity contribution >= 4 is 5.91 Å². The molecule has 0 unspecified atom stereocenters. The van der Waals surface area contributed by atoms with Crippen LogP contribution in [0, 0.1) is 0 Å². The van der Waals surface area contributed by atoms with Gasteiger partial charge in [0, 0.05) is 6.54 Å². The van der Waals surface area contributed by atoms with Gasteiger partial charge in [-0.15, -0.1) is 0 Å². The standard InChI is InChI=1S/C10H13N3O2/c1-5(2)8-6-3-4-11-9(14)7(6)10(15)13-12-8/h5H,3-4H2,1-2H3,(H,11,14)(H,13,15). The number of fused-ring (bicyclic) bond motifs is 1. The second kappa shape index (κ2) is 3.49. The van der Waals surface area contributed by atoms with E-state index >= 15 is 0 Å². The van der Waals surface area contributed by atoms with Gasteiger partial charge in [0.15, 0.2) is 0 Å². The van der Waals surface area contributed by atoms with Gasteiger partial charge in [-0.3, -0.25) is 9.59 Å². The summed E-state index contributed by atoms with van der Waals surface area (Å²) >= 11 is 0. The van der Waals surface area contributed by atoms with Crippen LogP contribution in [0.4, 0.5) is 0 Å². The van der Waals surface area contributed by atoms with Gasteiger partial charge < -0.3 is 5.32 Å². The highest BCUT2D eigenvalue weighted by Gasteiger charge is 2.24. The predicted octanol–water partition coefficient (Wildman–Crippen LogP) is 0.179. The zero-order valence-corrected chi connectivity index (χ0v) is 8.76. The number of hydrogen-bond donors (Lipinski definition) is 2. The molecule has 1 amide bonds. The fourth-order valence-electron chi connectivity index (χ4n) is 1.86. The minimum atomic E-state index is -0.397. The van der Waals surface area contributed by atoms with Crippen LogP contribution in [0.25, 0.3) is 0 Å². The summed E-state index contributed by atoms with van der Waals surface area (Å²) in [6, 6.07) is 0. The number of rotatable bonds is 1. The quantitative estimate of drug-likeness (QED) is 0.689. The van der Waals surface area contributed by atoms with Crippen LogP contribution < -0.4 is 10.9 Å². The normalized spacial score (nSPS) is 15.0. The van der Waals surface area contributed by atoms with E-state index in [9.17, 15) is 9.59 Å². The van der Waals surface area contributed by atoms with Crippen LogP contribution in [0.5, 0.6) is 0 Å². The number of aromatic nitrogens is 2. The molecule has 0 saturated carbocycles. The number of H-pyrrole nitrogens is 1. The maximum atomic E-state index is 11.5. The molecule has 0 bridgehead atoms. The molecule has 1 aliphatic heterocycles. The molecule has 2 rings (SSSR count). The predicted molar refractivity (Wildman–Crippen MR) is 55.0 cm³/mol. The molecule has 1 aliphatic rings. The summed E-state index contributed by atoms with van der Waals surface area (Å²) in [5, 5.41) is 9.04. The Balaban J connectivity index is 2.69. The Morgan fingerprint density at radius 2 is 2.07 bits per heavy atom. The van der Waals surface area contributed by atoms with Crippen molar-refractivity contribution in [3.05, 3.63) is 27.2 Å². The SMILES string of the molecule is CC(C)c1n[nH]c(=O)c2c1CCNC2=O. The number of carbonyl (C=O) groups excluding carboxylic acids is 1. The lowest BCUT2D eigenvalue weighted by atomic mass is 9.95. The van der Waals surface area contributed by atoms with Crippen LogP contribution in [0.15, 0.2) is 4.79 Å². The maximum absolute atomic E-state index is 11.5. The lowest BCUT2D eigenvalue weighted by Crippen LogP contribution is -2.38. The van der Waals surface area contributed by atoms with Crippen molar-refractivity contribution < 1.29 is 4.79 Å². The smallest absolute Gasteiger partial charge is 0.277 e. The average Bonchev–Trinajstić information content (AvgIpc) is 2.17. The largest absolute Gasteiger partial charge is 0.352 e. The van der Waals surface area contributed by atoms with E-state index in [1.165, 1.54) is 0 Å². The Kier molecular flexibility index (Phi) is 2.30. The number of hydrogen-bond acceptors (Lipinski definition) is 3. The lowest BCUT2D eigenvalue weighted by Gasteiger charge is -2.19. The van der Waals surface area contributed by atoms with Crippen molar-refractivity contribution in [1.82, 2.24) is 15.5 Å². The molecule has 80 valence electrons. The third-order valence-electron chi connectivity index (χ3n) is 2.55. The van der Waals surface area contributed by atoms with E-state index < -0.39 is 5.56 Å².